The van der Waals surface area contributed by atoms with Gasteiger partial charge in [0.25, 0.3) is 10.0 Å². The normalized spacial score (nSPS) is 11.3. The minimum absolute atomic E-state index is 0.0654. The molecule has 4 aromatic rings. The van der Waals surface area contributed by atoms with Crippen LogP contribution in [0.25, 0.3) is 11.1 Å². The summed E-state index contributed by atoms with van der Waals surface area (Å²) in [4.78, 5) is 23.0. The topological polar surface area (TPSA) is 109 Å². The van der Waals surface area contributed by atoms with E-state index in [1.54, 1.807) is 30.2 Å². The van der Waals surface area contributed by atoms with Gasteiger partial charge in [0, 0.05) is 18.1 Å². The van der Waals surface area contributed by atoms with E-state index >= 15 is 0 Å². The summed E-state index contributed by atoms with van der Waals surface area (Å²) in [7, 11) is -2.35. The molecule has 170 valence electrons. The van der Waals surface area contributed by atoms with Gasteiger partial charge in [0.2, 0.25) is 0 Å². The number of nitrogens with zero attached hydrogens (tertiary/aromatic N) is 4. The number of nitrogens with one attached hydrogen (secondary N) is 2. The molecule has 0 saturated heterocycles. The molecule has 11 heteroatoms. The lowest BCUT2D eigenvalue weighted by Gasteiger charge is -2.21. The standard InChI is InChI=1S/C22H22N6O3S2/c1-16-20(33(30,31)23-2)32-22(25-16)28(15-27-13-12-24-14-27)21(29)26-19-10-8-18(9-11-19)17-6-4-3-5-7-17/h3-14,23H,15H2,1-2H3,(H,26,29). The second kappa shape index (κ2) is 9.53. The highest BCUT2D eigenvalue weighted by Crippen LogP contribution is 2.30. The van der Waals surface area contributed by atoms with Crippen molar-refractivity contribution in [3.05, 3.63) is 79.0 Å². The molecule has 0 aliphatic heterocycles. The number of benzene rings is 2. The first-order valence-corrected chi connectivity index (χ1v) is 12.3. The number of imidazole rings is 1. The van der Waals surface area contributed by atoms with Gasteiger partial charge >= 0.3 is 6.03 Å². The van der Waals surface area contributed by atoms with Crippen LogP contribution < -0.4 is 14.9 Å². The number of hydrogen-bond acceptors (Lipinski definition) is 6. The van der Waals surface area contributed by atoms with Crippen molar-refractivity contribution in [1.29, 1.82) is 0 Å². The molecule has 2 aromatic carbocycles. The number of hydrogen-bond donors (Lipinski definition) is 2. The van der Waals surface area contributed by atoms with Crippen LogP contribution in [0.2, 0.25) is 0 Å². The van der Waals surface area contributed by atoms with E-state index < -0.39 is 16.1 Å². The molecule has 9 nitrogen and oxygen atoms in total. The smallest absolute Gasteiger partial charge is 0.319 e. The summed E-state index contributed by atoms with van der Waals surface area (Å²) in [5.74, 6) is 0. The van der Waals surface area contributed by atoms with Gasteiger partial charge in [-0.1, -0.05) is 53.8 Å². The van der Waals surface area contributed by atoms with Crippen LogP contribution in [0.5, 0.6) is 0 Å². The molecule has 0 unspecified atom stereocenters. The molecule has 2 amide bonds. The van der Waals surface area contributed by atoms with Crippen LogP contribution in [-0.2, 0) is 16.7 Å². The lowest BCUT2D eigenvalue weighted by atomic mass is 10.1. The lowest BCUT2D eigenvalue weighted by molar-refractivity contribution is 0.255. The molecule has 0 bridgehead atoms. The predicted molar refractivity (Wildman–Crippen MR) is 129 cm³/mol. The average molecular weight is 483 g/mol. The van der Waals surface area contributed by atoms with Gasteiger partial charge in [-0.3, -0.25) is 4.90 Å². The van der Waals surface area contributed by atoms with Crippen LogP contribution in [0.3, 0.4) is 0 Å². The Morgan fingerprint density at radius 3 is 2.42 bits per heavy atom. The highest BCUT2D eigenvalue weighted by Gasteiger charge is 2.26. The van der Waals surface area contributed by atoms with Crippen molar-refractivity contribution in [2.75, 3.05) is 17.3 Å². The first-order chi connectivity index (χ1) is 15.9. The van der Waals surface area contributed by atoms with Gasteiger partial charge in [-0.25, -0.2) is 27.9 Å². The number of urea groups is 1. The van der Waals surface area contributed by atoms with Crippen LogP contribution in [0.4, 0.5) is 15.6 Å². The number of thiazole rings is 1. The summed E-state index contributed by atoms with van der Waals surface area (Å²) in [5, 5.41) is 3.13. The molecule has 0 atom stereocenters. The molecule has 0 aliphatic carbocycles. The van der Waals surface area contributed by atoms with E-state index in [0.29, 0.717) is 11.4 Å². The Hall–Kier alpha value is -3.54. The first kappa shape index (κ1) is 22.6. The molecule has 0 saturated carbocycles. The van der Waals surface area contributed by atoms with Crippen molar-refractivity contribution in [2.24, 2.45) is 0 Å². The third-order valence-corrected chi connectivity index (χ3v) is 8.04. The van der Waals surface area contributed by atoms with Crippen LogP contribution in [0, 0.1) is 6.92 Å². The fourth-order valence-corrected chi connectivity index (χ4v) is 5.46. The molecule has 0 fully saturated rings. The van der Waals surface area contributed by atoms with E-state index in [9.17, 15) is 13.2 Å². The summed E-state index contributed by atoms with van der Waals surface area (Å²) in [6.07, 6.45) is 4.88. The van der Waals surface area contributed by atoms with Crippen molar-refractivity contribution in [3.8, 4) is 11.1 Å². The van der Waals surface area contributed by atoms with Crippen molar-refractivity contribution >= 4 is 38.2 Å². The summed E-state index contributed by atoms with van der Waals surface area (Å²) < 4.78 is 28.7. The van der Waals surface area contributed by atoms with Gasteiger partial charge in [0.15, 0.2) is 9.34 Å². The van der Waals surface area contributed by atoms with Gasteiger partial charge in [0.05, 0.1) is 12.0 Å². The van der Waals surface area contributed by atoms with Gasteiger partial charge in [-0.15, -0.1) is 0 Å². The Bertz CT molecular complexity index is 1330. The quantitative estimate of drug-likeness (QED) is 0.415. The number of sulfonamides is 1. The maximum Gasteiger partial charge on any atom is 0.329 e. The van der Waals surface area contributed by atoms with Crippen molar-refractivity contribution < 1.29 is 13.2 Å². The fraction of sp³-hybridized carbons (Fsp3) is 0.136. The largest absolute Gasteiger partial charge is 0.329 e. The molecule has 4 rings (SSSR count). The van der Waals surface area contributed by atoms with E-state index in [2.05, 4.69) is 20.0 Å². The zero-order valence-electron chi connectivity index (χ0n) is 18.0. The Morgan fingerprint density at radius 1 is 1.09 bits per heavy atom. The van der Waals surface area contributed by atoms with Gasteiger partial charge < -0.3 is 9.88 Å². The van der Waals surface area contributed by atoms with Crippen LogP contribution in [0.1, 0.15) is 5.69 Å². The Kier molecular flexibility index (Phi) is 6.54. The van der Waals surface area contributed by atoms with Gasteiger partial charge in [-0.2, -0.15) is 0 Å². The number of carbonyl (C=O) groups excluding carboxylic acids is 1. The number of anilines is 2. The summed E-state index contributed by atoms with van der Waals surface area (Å²) in [6, 6.07) is 17.0. The van der Waals surface area contributed by atoms with Crippen LogP contribution in [0.15, 0.2) is 77.5 Å². The molecule has 2 aromatic heterocycles. The Balaban J connectivity index is 1.60. The molecule has 0 aliphatic rings. The predicted octanol–water partition coefficient (Wildman–Crippen LogP) is 3.92. The minimum Gasteiger partial charge on any atom is -0.319 e. The minimum atomic E-state index is -3.69. The molecular weight excluding hydrogens is 460 g/mol. The van der Waals surface area contributed by atoms with Gasteiger partial charge in [-0.05, 0) is 37.2 Å². The maximum absolute atomic E-state index is 13.2. The Labute approximate surface area is 195 Å². The monoisotopic (exact) mass is 482 g/mol. The molecule has 2 N–H and O–H groups in total. The maximum atomic E-state index is 13.2. The number of carbonyl (C=O) groups is 1. The fourth-order valence-electron chi connectivity index (χ4n) is 3.14. The average Bonchev–Trinajstić information content (AvgIpc) is 3.48. The second-order valence-electron chi connectivity index (χ2n) is 7.10. The zero-order chi connectivity index (χ0) is 23.4. The van der Waals surface area contributed by atoms with E-state index in [-0.39, 0.29) is 16.0 Å². The molecule has 2 heterocycles. The zero-order valence-corrected chi connectivity index (χ0v) is 19.6. The number of rotatable bonds is 7. The molecule has 0 radical (unpaired) electrons. The van der Waals surface area contributed by atoms with Crippen molar-refractivity contribution in [2.45, 2.75) is 17.8 Å². The SMILES string of the molecule is CNS(=O)(=O)c1sc(N(Cn2ccnc2)C(=O)Nc2ccc(-c3ccccc3)cc2)nc1C. The molecular formula is C22H22N6O3S2. The summed E-state index contributed by atoms with van der Waals surface area (Å²) >= 11 is 0.929. The Morgan fingerprint density at radius 2 is 1.79 bits per heavy atom. The third-order valence-electron chi connectivity index (χ3n) is 4.84. The van der Waals surface area contributed by atoms with Crippen molar-refractivity contribution in [1.82, 2.24) is 19.3 Å². The summed E-state index contributed by atoms with van der Waals surface area (Å²) in [6.45, 7) is 1.71. The molecule has 0 spiro atoms. The van der Waals surface area contributed by atoms with E-state index in [4.69, 9.17) is 0 Å². The lowest BCUT2D eigenvalue weighted by Crippen LogP contribution is -2.36. The highest BCUT2D eigenvalue weighted by molar-refractivity contribution is 7.91. The number of aryl methyl sites for hydroxylation is 1. The van der Waals surface area contributed by atoms with Gasteiger partial charge in [0.1, 0.15) is 6.67 Å². The third kappa shape index (κ3) is 5.11. The van der Waals surface area contributed by atoms with Crippen molar-refractivity contribution in [3.63, 3.8) is 0 Å². The first-order valence-electron chi connectivity index (χ1n) is 9.98. The van der Waals surface area contributed by atoms with Crippen LogP contribution in [-0.4, -0.2) is 36.0 Å². The van der Waals surface area contributed by atoms with E-state index in [0.717, 1.165) is 22.5 Å². The van der Waals surface area contributed by atoms with Crippen LogP contribution >= 0.6 is 11.3 Å². The second-order valence-corrected chi connectivity index (χ2v) is 10.2. The van der Waals surface area contributed by atoms with E-state index in [1.165, 1.54) is 11.9 Å². The van der Waals surface area contributed by atoms with E-state index in [1.807, 2.05) is 54.6 Å². The molecule has 33 heavy (non-hydrogen) atoms. The number of amides is 2. The highest BCUT2D eigenvalue weighted by atomic mass is 32.2. The summed E-state index contributed by atoms with van der Waals surface area (Å²) in [5.41, 5.74) is 3.03. The number of aromatic nitrogens is 3.